The Morgan fingerprint density at radius 2 is 2.10 bits per heavy atom. The van der Waals surface area contributed by atoms with Crippen LogP contribution in [0.25, 0.3) is 0 Å². The minimum Gasteiger partial charge on any atom is -0.321 e. The lowest BCUT2D eigenvalue weighted by atomic mass is 10.1. The number of carbonyl (C=O) groups excluding carboxylic acids is 1. The van der Waals surface area contributed by atoms with Crippen LogP contribution in [0.3, 0.4) is 0 Å². The first kappa shape index (κ1) is 14.5. The summed E-state index contributed by atoms with van der Waals surface area (Å²) >= 11 is 0. The Balaban J connectivity index is 2.12. The van der Waals surface area contributed by atoms with E-state index in [-0.39, 0.29) is 12.1 Å². The number of benzene rings is 1. The average Bonchev–Trinajstić information content (AvgIpc) is 2.54. The molecular formula is C16H16N4O. The minimum atomic E-state index is -0.269. The van der Waals surface area contributed by atoms with E-state index in [1.807, 2.05) is 19.1 Å². The zero-order valence-electron chi connectivity index (χ0n) is 11.9. The van der Waals surface area contributed by atoms with Gasteiger partial charge in [0.05, 0.1) is 17.3 Å². The number of pyridine rings is 1. The van der Waals surface area contributed by atoms with Crippen LogP contribution >= 0.6 is 0 Å². The molecule has 0 spiro atoms. The molecule has 2 rings (SSSR count). The molecule has 0 saturated heterocycles. The summed E-state index contributed by atoms with van der Waals surface area (Å²) in [6.07, 6.45) is 3.43. The van der Waals surface area contributed by atoms with Gasteiger partial charge in [-0.1, -0.05) is 18.2 Å². The van der Waals surface area contributed by atoms with Crippen LogP contribution in [-0.2, 0) is 0 Å². The van der Waals surface area contributed by atoms with Crippen molar-refractivity contribution in [1.82, 2.24) is 9.88 Å². The second-order valence-corrected chi connectivity index (χ2v) is 4.66. The van der Waals surface area contributed by atoms with Crippen molar-refractivity contribution >= 4 is 11.7 Å². The second-order valence-electron chi connectivity index (χ2n) is 4.66. The first-order valence-electron chi connectivity index (χ1n) is 6.56. The van der Waals surface area contributed by atoms with Gasteiger partial charge in [0.2, 0.25) is 0 Å². The van der Waals surface area contributed by atoms with Crippen LogP contribution in [-0.4, -0.2) is 23.0 Å². The first-order valence-corrected chi connectivity index (χ1v) is 6.56. The lowest BCUT2D eigenvalue weighted by molar-refractivity contribution is 0.208. The van der Waals surface area contributed by atoms with Gasteiger partial charge in [0.25, 0.3) is 0 Å². The molecule has 0 bridgehead atoms. The summed E-state index contributed by atoms with van der Waals surface area (Å²) < 4.78 is 0. The highest BCUT2D eigenvalue weighted by atomic mass is 16.2. The largest absolute Gasteiger partial charge is 0.322 e. The molecule has 21 heavy (non-hydrogen) atoms. The van der Waals surface area contributed by atoms with Crippen LogP contribution in [0.4, 0.5) is 10.5 Å². The maximum Gasteiger partial charge on any atom is 0.322 e. The predicted octanol–water partition coefficient (Wildman–Crippen LogP) is 3.18. The molecule has 106 valence electrons. The van der Waals surface area contributed by atoms with Gasteiger partial charge in [0.15, 0.2) is 0 Å². The summed E-state index contributed by atoms with van der Waals surface area (Å²) in [5.41, 5.74) is 1.90. The highest BCUT2D eigenvalue weighted by molar-refractivity contribution is 5.90. The molecule has 0 aliphatic heterocycles. The van der Waals surface area contributed by atoms with Crippen molar-refractivity contribution in [2.45, 2.75) is 13.0 Å². The zero-order valence-corrected chi connectivity index (χ0v) is 11.9. The number of nitrogens with zero attached hydrogens (tertiary/aromatic N) is 3. The van der Waals surface area contributed by atoms with E-state index in [9.17, 15) is 4.79 Å². The maximum absolute atomic E-state index is 12.3. The van der Waals surface area contributed by atoms with Crippen molar-refractivity contribution in [2.24, 2.45) is 0 Å². The molecule has 1 aromatic heterocycles. The third kappa shape index (κ3) is 3.37. The molecule has 5 nitrogen and oxygen atoms in total. The molecule has 1 unspecified atom stereocenters. The molecule has 1 heterocycles. The molecule has 2 amide bonds. The van der Waals surface area contributed by atoms with Crippen molar-refractivity contribution in [1.29, 1.82) is 5.26 Å². The normalized spacial score (nSPS) is 11.3. The Morgan fingerprint density at radius 3 is 2.76 bits per heavy atom. The van der Waals surface area contributed by atoms with E-state index in [0.717, 1.165) is 5.56 Å². The van der Waals surface area contributed by atoms with Gasteiger partial charge in [-0.25, -0.2) is 4.79 Å². The number of aromatic nitrogens is 1. The number of hydrogen-bond donors (Lipinski definition) is 1. The number of rotatable bonds is 3. The molecule has 5 heteroatoms. The van der Waals surface area contributed by atoms with Crippen LogP contribution in [0.2, 0.25) is 0 Å². The van der Waals surface area contributed by atoms with Gasteiger partial charge in [-0.05, 0) is 30.7 Å². The topological polar surface area (TPSA) is 69.0 Å². The fourth-order valence-corrected chi connectivity index (χ4v) is 1.92. The molecule has 0 radical (unpaired) electrons. The van der Waals surface area contributed by atoms with E-state index < -0.39 is 0 Å². The van der Waals surface area contributed by atoms with Gasteiger partial charge in [-0.3, -0.25) is 4.98 Å². The second kappa shape index (κ2) is 6.53. The first-order chi connectivity index (χ1) is 10.1. The van der Waals surface area contributed by atoms with E-state index >= 15 is 0 Å². The number of nitriles is 1. The fraction of sp³-hybridized carbons (Fsp3) is 0.188. The number of anilines is 1. The third-order valence-electron chi connectivity index (χ3n) is 3.36. The Kier molecular flexibility index (Phi) is 4.52. The predicted molar refractivity (Wildman–Crippen MR) is 80.6 cm³/mol. The van der Waals surface area contributed by atoms with Gasteiger partial charge < -0.3 is 10.2 Å². The molecule has 1 aromatic carbocycles. The maximum atomic E-state index is 12.3. The van der Waals surface area contributed by atoms with E-state index in [1.54, 1.807) is 48.6 Å². The lowest BCUT2D eigenvalue weighted by Gasteiger charge is -2.25. The molecule has 0 aliphatic rings. The standard InChI is InChI=1S/C16H16N4O/c1-12(14-7-5-9-18-11-14)20(2)16(21)19-15-8-4-3-6-13(15)10-17/h3-9,11-12H,1-2H3,(H,19,21). The van der Waals surface area contributed by atoms with Crippen molar-refractivity contribution in [3.8, 4) is 6.07 Å². The smallest absolute Gasteiger partial charge is 0.321 e. The monoisotopic (exact) mass is 280 g/mol. The van der Waals surface area contributed by atoms with Crippen molar-refractivity contribution in [2.75, 3.05) is 12.4 Å². The third-order valence-corrected chi connectivity index (χ3v) is 3.36. The van der Waals surface area contributed by atoms with E-state index in [1.165, 1.54) is 0 Å². The fourth-order valence-electron chi connectivity index (χ4n) is 1.92. The van der Waals surface area contributed by atoms with Gasteiger partial charge in [-0.15, -0.1) is 0 Å². The van der Waals surface area contributed by atoms with Gasteiger partial charge in [0, 0.05) is 19.4 Å². The number of urea groups is 1. The zero-order chi connectivity index (χ0) is 15.2. The van der Waals surface area contributed by atoms with Crippen molar-refractivity contribution in [3.63, 3.8) is 0 Å². The van der Waals surface area contributed by atoms with Crippen LogP contribution in [0.1, 0.15) is 24.1 Å². The molecule has 2 aromatic rings. The van der Waals surface area contributed by atoms with E-state index in [0.29, 0.717) is 11.3 Å². The van der Waals surface area contributed by atoms with Gasteiger partial charge in [-0.2, -0.15) is 5.26 Å². The molecule has 0 aliphatic carbocycles. The van der Waals surface area contributed by atoms with Gasteiger partial charge >= 0.3 is 6.03 Å². The number of amides is 2. The quantitative estimate of drug-likeness (QED) is 0.938. The summed E-state index contributed by atoms with van der Waals surface area (Å²) in [5, 5.41) is 11.8. The number of nitrogens with one attached hydrogen (secondary N) is 1. The summed E-state index contributed by atoms with van der Waals surface area (Å²) in [5.74, 6) is 0. The molecule has 1 atom stereocenters. The lowest BCUT2D eigenvalue weighted by Crippen LogP contribution is -2.33. The summed E-state index contributed by atoms with van der Waals surface area (Å²) in [6.45, 7) is 1.92. The Labute approximate surface area is 123 Å². The van der Waals surface area contributed by atoms with E-state index in [2.05, 4.69) is 16.4 Å². The van der Waals surface area contributed by atoms with Gasteiger partial charge in [0.1, 0.15) is 6.07 Å². The molecule has 0 saturated carbocycles. The van der Waals surface area contributed by atoms with Crippen molar-refractivity contribution < 1.29 is 4.79 Å². The average molecular weight is 280 g/mol. The highest BCUT2D eigenvalue weighted by Gasteiger charge is 2.18. The molecular weight excluding hydrogens is 264 g/mol. The molecule has 1 N–H and O–H groups in total. The summed E-state index contributed by atoms with van der Waals surface area (Å²) in [4.78, 5) is 17.9. The summed E-state index contributed by atoms with van der Waals surface area (Å²) in [6, 6.07) is 12.3. The minimum absolute atomic E-state index is 0.118. The number of carbonyl (C=O) groups is 1. The van der Waals surface area contributed by atoms with Crippen molar-refractivity contribution in [3.05, 3.63) is 59.9 Å². The number of para-hydroxylation sites is 1. The Hall–Kier alpha value is -2.87. The molecule has 0 fully saturated rings. The Bertz CT molecular complexity index is 663. The SMILES string of the molecule is CC(c1cccnc1)N(C)C(=O)Nc1ccccc1C#N. The summed E-state index contributed by atoms with van der Waals surface area (Å²) in [7, 11) is 1.71. The van der Waals surface area contributed by atoms with Crippen LogP contribution < -0.4 is 5.32 Å². The van der Waals surface area contributed by atoms with Crippen LogP contribution in [0.5, 0.6) is 0 Å². The Morgan fingerprint density at radius 1 is 1.33 bits per heavy atom. The van der Waals surface area contributed by atoms with Crippen LogP contribution in [0, 0.1) is 11.3 Å². The van der Waals surface area contributed by atoms with Crippen LogP contribution in [0.15, 0.2) is 48.8 Å². The van der Waals surface area contributed by atoms with E-state index in [4.69, 9.17) is 5.26 Å². The highest BCUT2D eigenvalue weighted by Crippen LogP contribution is 2.20. The number of hydrogen-bond acceptors (Lipinski definition) is 3.